The quantitative estimate of drug-likeness (QED) is 0.0167. The zero-order chi connectivity index (χ0) is 57.5. The summed E-state index contributed by atoms with van der Waals surface area (Å²) in [4.78, 5) is 158. The van der Waals surface area contributed by atoms with Crippen LogP contribution in [0.4, 0.5) is 0 Å². The molecule has 0 saturated heterocycles. The number of aliphatic imine (C=N–C) groups is 2. The van der Waals surface area contributed by atoms with Crippen molar-refractivity contribution in [1.29, 1.82) is 0 Å². The second kappa shape index (κ2) is 35.4. The molecule has 0 radical (unpaired) electrons. The minimum Gasteiger partial charge on any atom is -0.481 e. The summed E-state index contributed by atoms with van der Waals surface area (Å²) in [6.45, 7) is 5.33. The molecule has 0 saturated carbocycles. The maximum absolute atomic E-state index is 14.2. The van der Waals surface area contributed by atoms with E-state index in [1.165, 1.54) is 38.1 Å². The maximum atomic E-state index is 14.2. The number of hydrogen-bond acceptors (Lipinski definition) is 16. The number of nitrogens with two attached hydrogens (primary N) is 5. The van der Waals surface area contributed by atoms with Gasteiger partial charge in [-0.15, -0.1) is 0 Å². The SMILES string of the molecule is CSCC[C@H](NC(=O)[C@H](CCCN=C(N)N)NC(=O)[C@H](Cc1cnc[nH]1)NC(=O)[C@H](C)NC(=O)[C@H](CCCN=C(N)N)NC(=O)CNC(=O)CN)C(=O)N[C@@H](C)C(=O)N[C@@H](CC(C)C)C(=O)N[C@@H](CCC(=O)O)C(=O)O. The number of aromatic amines is 1. The van der Waals surface area contributed by atoms with Gasteiger partial charge in [-0.25, -0.2) is 9.78 Å². The molecule has 0 bridgehead atoms. The number of rotatable bonds is 37. The predicted octanol–water partition coefficient (Wildman–Crippen LogP) is -6.20. The second-order valence-electron chi connectivity index (χ2n) is 17.7. The monoisotopic (exact) mass is 1100 g/mol. The van der Waals surface area contributed by atoms with E-state index >= 15 is 0 Å². The van der Waals surface area contributed by atoms with Crippen molar-refractivity contribution in [2.24, 2.45) is 44.6 Å². The molecule has 426 valence electrons. The number of thioether (sulfide) groups is 1. The highest BCUT2D eigenvalue weighted by atomic mass is 32.2. The zero-order valence-corrected chi connectivity index (χ0v) is 44.1. The first-order chi connectivity index (χ1) is 35.8. The highest BCUT2D eigenvalue weighted by Crippen LogP contribution is 2.10. The maximum Gasteiger partial charge on any atom is 0.326 e. The number of amides is 9. The molecule has 1 heterocycles. The van der Waals surface area contributed by atoms with E-state index < -0.39 is 133 Å². The van der Waals surface area contributed by atoms with Gasteiger partial charge in [0.1, 0.15) is 48.3 Å². The third kappa shape index (κ3) is 27.5. The fourth-order valence-corrected chi connectivity index (χ4v) is 7.24. The van der Waals surface area contributed by atoms with Gasteiger partial charge in [0.05, 0.1) is 19.4 Å². The molecular weight excluding hydrogens is 1020 g/mol. The molecule has 0 aliphatic rings. The van der Waals surface area contributed by atoms with E-state index in [2.05, 4.69) is 67.8 Å². The van der Waals surface area contributed by atoms with Gasteiger partial charge < -0.3 is 91.7 Å². The summed E-state index contributed by atoms with van der Waals surface area (Å²) in [5.74, 6) is -10.4. The first-order valence-electron chi connectivity index (χ1n) is 24.2. The minimum atomic E-state index is -1.56. The van der Waals surface area contributed by atoms with Crippen LogP contribution in [0.3, 0.4) is 0 Å². The Morgan fingerprint density at radius 2 is 1.07 bits per heavy atom. The van der Waals surface area contributed by atoms with Crippen LogP contribution in [-0.4, -0.2) is 184 Å². The molecule has 0 aliphatic heterocycles. The van der Waals surface area contributed by atoms with Crippen molar-refractivity contribution < 1.29 is 63.0 Å². The first kappa shape index (κ1) is 66.2. The van der Waals surface area contributed by atoms with Gasteiger partial charge in [-0.05, 0) is 76.7 Å². The number of imidazole rings is 1. The molecule has 0 aliphatic carbocycles. The van der Waals surface area contributed by atoms with Gasteiger partial charge in [-0.3, -0.25) is 57.9 Å². The molecule has 0 fully saturated rings. The standard InChI is InChI=1S/C44H76N18O13S/c1-22(2)16-30(40(72)60-29(42(74)75)10-11-34(65)66)61-35(67)23(3)56-38(70)28(12-15-76-5)59-39(71)27(9-7-14-52-44(48)49)58-41(73)31(17-25-19-50-21-54-25)62-36(68)24(4)55-37(69)26(8-6-13-51-43(46)47)57-33(64)20-53-32(63)18-45/h19,21-24,26-31H,6-18,20,45H2,1-5H3,(H,50,54)(H,53,63)(H,55,69)(H,56,70)(H,57,64)(H,58,73)(H,59,71)(H,60,72)(H,61,67)(H,62,68)(H,65,66)(H,74,75)(H4,46,47,51)(H4,48,49,52)/t23-,24-,26-,27-,28-,29-,30-,31-/m0/s1. The van der Waals surface area contributed by atoms with Crippen LogP contribution in [0.15, 0.2) is 22.5 Å². The summed E-state index contributed by atoms with van der Waals surface area (Å²) >= 11 is 1.34. The highest BCUT2D eigenvalue weighted by Gasteiger charge is 2.34. The summed E-state index contributed by atoms with van der Waals surface area (Å²) < 4.78 is 0. The Morgan fingerprint density at radius 1 is 0.605 bits per heavy atom. The van der Waals surface area contributed by atoms with Crippen LogP contribution >= 0.6 is 11.8 Å². The third-order valence-corrected chi connectivity index (χ3v) is 11.4. The van der Waals surface area contributed by atoms with Gasteiger partial charge >= 0.3 is 11.9 Å². The van der Waals surface area contributed by atoms with E-state index in [-0.39, 0.29) is 82.4 Å². The van der Waals surface area contributed by atoms with Gasteiger partial charge in [-0.1, -0.05) is 13.8 Å². The number of hydrogen-bond donors (Lipinski definition) is 17. The van der Waals surface area contributed by atoms with Gasteiger partial charge in [0.25, 0.3) is 0 Å². The van der Waals surface area contributed by atoms with Crippen LogP contribution in [0.25, 0.3) is 0 Å². The van der Waals surface area contributed by atoms with E-state index in [1.807, 2.05) is 0 Å². The van der Waals surface area contributed by atoms with Gasteiger partial charge in [-0.2, -0.15) is 11.8 Å². The van der Waals surface area contributed by atoms with E-state index in [4.69, 9.17) is 33.8 Å². The van der Waals surface area contributed by atoms with E-state index in [1.54, 1.807) is 20.1 Å². The molecule has 1 rings (SSSR count). The van der Waals surface area contributed by atoms with E-state index in [0.29, 0.717) is 11.4 Å². The number of H-pyrrole nitrogens is 1. The molecule has 76 heavy (non-hydrogen) atoms. The lowest BCUT2D eigenvalue weighted by atomic mass is 10.0. The fourth-order valence-electron chi connectivity index (χ4n) is 6.77. The van der Waals surface area contributed by atoms with Crippen LogP contribution in [0.5, 0.6) is 0 Å². The predicted molar refractivity (Wildman–Crippen MR) is 278 cm³/mol. The summed E-state index contributed by atoms with van der Waals surface area (Å²) in [5, 5.41) is 41.0. The number of aromatic nitrogens is 2. The average Bonchev–Trinajstić information content (AvgIpc) is 3.87. The molecule has 32 heteroatoms. The minimum absolute atomic E-state index is 0.00403. The number of carbonyl (C=O) groups is 11. The number of aliphatic carboxylic acids is 2. The Morgan fingerprint density at radius 3 is 1.53 bits per heavy atom. The summed E-state index contributed by atoms with van der Waals surface area (Å²) in [6, 6.07) is -10.9. The fraction of sp³-hybridized carbons (Fsp3) is 0.636. The van der Waals surface area contributed by atoms with E-state index in [9.17, 15) is 57.8 Å². The lowest BCUT2D eigenvalue weighted by Crippen LogP contribution is -2.60. The number of carboxylic acids is 2. The summed E-state index contributed by atoms with van der Waals surface area (Å²) in [6.07, 6.45) is 3.58. The van der Waals surface area contributed by atoms with Crippen LogP contribution in [0, 0.1) is 5.92 Å². The molecule has 0 spiro atoms. The number of carboxylic acid groups (broad SMARTS) is 2. The number of guanidine groups is 2. The van der Waals surface area contributed by atoms with Crippen molar-refractivity contribution >= 4 is 88.8 Å². The number of nitrogens with zero attached hydrogens (tertiary/aromatic N) is 3. The van der Waals surface area contributed by atoms with Gasteiger partial charge in [0, 0.05) is 37.8 Å². The molecular formula is C44H76N18O13S. The molecule has 1 aromatic heterocycles. The largest absolute Gasteiger partial charge is 0.481 e. The smallest absolute Gasteiger partial charge is 0.326 e. The molecule has 22 N–H and O–H groups in total. The van der Waals surface area contributed by atoms with Crippen molar-refractivity contribution in [1.82, 2.24) is 57.8 Å². The van der Waals surface area contributed by atoms with Gasteiger partial charge in [0.15, 0.2) is 11.9 Å². The van der Waals surface area contributed by atoms with Crippen molar-refractivity contribution in [3.05, 3.63) is 18.2 Å². The Kier molecular flexibility index (Phi) is 30.9. The lowest BCUT2D eigenvalue weighted by Gasteiger charge is -2.27. The summed E-state index contributed by atoms with van der Waals surface area (Å²) in [5.41, 5.74) is 27.4. The molecule has 9 amide bonds. The molecule has 8 atom stereocenters. The Balaban J connectivity index is 3.39. The Bertz CT molecular complexity index is 2170. The van der Waals surface area contributed by atoms with Crippen LogP contribution in [-0.2, 0) is 59.2 Å². The lowest BCUT2D eigenvalue weighted by molar-refractivity contribution is -0.143. The Labute approximate surface area is 443 Å². The molecule has 31 nitrogen and oxygen atoms in total. The van der Waals surface area contributed by atoms with Crippen molar-refractivity contribution in [2.75, 3.05) is 38.2 Å². The van der Waals surface area contributed by atoms with Crippen molar-refractivity contribution in [3.8, 4) is 0 Å². The van der Waals surface area contributed by atoms with Crippen LogP contribution in [0.2, 0.25) is 0 Å². The average molecular weight is 1100 g/mol. The second-order valence-corrected chi connectivity index (χ2v) is 18.7. The Hall–Kier alpha value is -7.77. The normalized spacial score (nSPS) is 14.0. The van der Waals surface area contributed by atoms with Crippen LogP contribution < -0.4 is 76.5 Å². The van der Waals surface area contributed by atoms with Crippen molar-refractivity contribution in [3.63, 3.8) is 0 Å². The van der Waals surface area contributed by atoms with Crippen molar-refractivity contribution in [2.45, 2.75) is 134 Å². The van der Waals surface area contributed by atoms with Gasteiger partial charge in [0.2, 0.25) is 53.2 Å². The zero-order valence-electron chi connectivity index (χ0n) is 43.3. The molecule has 1 aromatic rings. The number of carbonyl (C=O) groups excluding carboxylic acids is 9. The highest BCUT2D eigenvalue weighted by molar-refractivity contribution is 7.98. The van der Waals surface area contributed by atoms with E-state index in [0.717, 1.165) is 0 Å². The first-order valence-corrected chi connectivity index (χ1v) is 25.6. The molecule has 0 aromatic carbocycles. The topological polar surface area (TPSA) is 520 Å². The number of nitrogens with one attached hydrogen (secondary N) is 10. The van der Waals surface area contributed by atoms with Crippen LogP contribution in [0.1, 0.15) is 84.8 Å². The summed E-state index contributed by atoms with van der Waals surface area (Å²) in [7, 11) is 0. The third-order valence-electron chi connectivity index (χ3n) is 10.8. The molecule has 0 unspecified atom stereocenters.